The number of amides is 1. The molecule has 0 radical (unpaired) electrons. The van der Waals surface area contributed by atoms with Gasteiger partial charge in [-0.1, -0.05) is 32.9 Å². The predicted molar refractivity (Wildman–Crippen MR) is 97.3 cm³/mol. The van der Waals surface area contributed by atoms with Gasteiger partial charge in [-0.3, -0.25) is 4.79 Å². The molecule has 1 amide bonds. The number of anilines is 1. The summed E-state index contributed by atoms with van der Waals surface area (Å²) >= 11 is 0. The first-order chi connectivity index (χ1) is 10.3. The normalized spacial score (nSPS) is 17.3. The number of hydrogen-bond acceptors (Lipinski definition) is 3. The van der Waals surface area contributed by atoms with Gasteiger partial charge in [0, 0.05) is 25.9 Å². The van der Waals surface area contributed by atoms with Crippen LogP contribution in [0.3, 0.4) is 0 Å². The molecule has 1 aromatic rings. The van der Waals surface area contributed by atoms with Crippen LogP contribution in [0.15, 0.2) is 24.3 Å². The van der Waals surface area contributed by atoms with Crippen molar-refractivity contribution in [1.82, 2.24) is 0 Å². The van der Waals surface area contributed by atoms with E-state index in [0.29, 0.717) is 13.2 Å². The maximum atomic E-state index is 12.6. The first-order valence-electron chi connectivity index (χ1n) is 8.02. The number of halogens is 1. The molecule has 1 heterocycles. The lowest BCUT2D eigenvalue weighted by molar-refractivity contribution is -0.121. The summed E-state index contributed by atoms with van der Waals surface area (Å²) in [4.78, 5) is 14.3. The van der Waals surface area contributed by atoms with Gasteiger partial charge in [-0.15, -0.1) is 12.4 Å². The highest BCUT2D eigenvalue weighted by Crippen LogP contribution is 2.25. The second kappa shape index (κ2) is 8.13. The van der Waals surface area contributed by atoms with Crippen LogP contribution < -0.4 is 10.6 Å². The van der Waals surface area contributed by atoms with Gasteiger partial charge in [0.05, 0.1) is 6.04 Å². The number of nitrogens with zero attached hydrogens (tertiary/aromatic N) is 1. The van der Waals surface area contributed by atoms with E-state index in [2.05, 4.69) is 32.9 Å². The number of carbonyl (C=O) groups excluding carboxylic acids is 1. The van der Waals surface area contributed by atoms with Crippen LogP contribution >= 0.6 is 12.4 Å². The molecular weight excluding hydrogens is 312 g/mol. The van der Waals surface area contributed by atoms with E-state index in [4.69, 9.17) is 10.5 Å². The van der Waals surface area contributed by atoms with Gasteiger partial charge >= 0.3 is 0 Å². The molecule has 0 aliphatic carbocycles. The van der Waals surface area contributed by atoms with Crippen LogP contribution in [0.2, 0.25) is 0 Å². The molecule has 0 bridgehead atoms. The fraction of sp³-hybridized carbons (Fsp3) is 0.611. The zero-order valence-electron chi connectivity index (χ0n) is 14.5. The molecule has 0 spiro atoms. The zero-order chi connectivity index (χ0) is 16.3. The van der Waals surface area contributed by atoms with Crippen molar-refractivity contribution in [3.05, 3.63) is 29.8 Å². The second-order valence-electron chi connectivity index (χ2n) is 7.17. The summed E-state index contributed by atoms with van der Waals surface area (Å²) in [5.41, 5.74) is 8.44. The standard InChI is InChI=1S/C18H28N2O2.ClH/c1-18(2,3)14-5-7-15(8-6-14)20(4)17(21)16(19)13-9-11-22-12-10-13;/h5-8,13,16H,9-12,19H2,1-4H3;1H. The summed E-state index contributed by atoms with van der Waals surface area (Å²) in [6.07, 6.45) is 1.73. The minimum atomic E-state index is -0.448. The van der Waals surface area contributed by atoms with Crippen molar-refractivity contribution in [2.24, 2.45) is 11.7 Å². The SMILES string of the molecule is CN(C(=O)C(N)C1CCOCC1)c1ccc(C(C)(C)C)cc1.Cl. The van der Waals surface area contributed by atoms with Crippen LogP contribution in [-0.2, 0) is 14.9 Å². The first-order valence-corrected chi connectivity index (χ1v) is 8.02. The Balaban J connectivity index is 0.00000264. The highest BCUT2D eigenvalue weighted by Gasteiger charge is 2.29. The summed E-state index contributed by atoms with van der Waals surface area (Å²) in [5, 5.41) is 0. The van der Waals surface area contributed by atoms with Gasteiger partial charge in [0.25, 0.3) is 0 Å². The number of ether oxygens (including phenoxy) is 1. The molecule has 0 aromatic heterocycles. The van der Waals surface area contributed by atoms with Crippen molar-refractivity contribution < 1.29 is 9.53 Å². The molecule has 1 aromatic carbocycles. The Kier molecular flexibility index (Phi) is 7.05. The Morgan fingerprint density at radius 1 is 1.22 bits per heavy atom. The van der Waals surface area contributed by atoms with E-state index < -0.39 is 6.04 Å². The van der Waals surface area contributed by atoms with Crippen LogP contribution in [0.25, 0.3) is 0 Å². The molecule has 1 atom stereocenters. The number of carbonyl (C=O) groups is 1. The van der Waals surface area contributed by atoms with Gasteiger partial charge in [0.2, 0.25) is 5.91 Å². The summed E-state index contributed by atoms with van der Waals surface area (Å²) < 4.78 is 5.34. The van der Waals surface area contributed by atoms with Gasteiger partial charge in [-0.25, -0.2) is 0 Å². The van der Waals surface area contributed by atoms with E-state index in [1.165, 1.54) is 5.56 Å². The van der Waals surface area contributed by atoms with E-state index in [0.717, 1.165) is 18.5 Å². The quantitative estimate of drug-likeness (QED) is 0.919. The lowest BCUT2D eigenvalue weighted by atomic mass is 9.87. The van der Waals surface area contributed by atoms with Crippen molar-refractivity contribution in [1.29, 1.82) is 0 Å². The summed E-state index contributed by atoms with van der Waals surface area (Å²) in [5.74, 6) is 0.202. The van der Waals surface area contributed by atoms with E-state index in [1.807, 2.05) is 12.1 Å². The first kappa shape index (κ1) is 19.9. The number of likely N-dealkylation sites (N-methyl/N-ethyl adjacent to an activating group) is 1. The Morgan fingerprint density at radius 2 is 1.74 bits per heavy atom. The maximum Gasteiger partial charge on any atom is 0.243 e. The smallest absolute Gasteiger partial charge is 0.243 e. The van der Waals surface area contributed by atoms with Crippen LogP contribution in [0.1, 0.15) is 39.2 Å². The molecule has 0 saturated carbocycles. The molecule has 5 heteroatoms. The van der Waals surface area contributed by atoms with Gasteiger partial charge in [-0.2, -0.15) is 0 Å². The van der Waals surface area contributed by atoms with Gasteiger partial charge in [0.1, 0.15) is 0 Å². The topological polar surface area (TPSA) is 55.6 Å². The van der Waals surface area contributed by atoms with Gasteiger partial charge in [0.15, 0.2) is 0 Å². The van der Waals surface area contributed by atoms with Gasteiger partial charge in [-0.05, 0) is 41.9 Å². The third-order valence-electron chi connectivity index (χ3n) is 4.51. The summed E-state index contributed by atoms with van der Waals surface area (Å²) in [6, 6.07) is 7.71. The van der Waals surface area contributed by atoms with Crippen LogP contribution in [0, 0.1) is 5.92 Å². The Morgan fingerprint density at radius 3 is 2.22 bits per heavy atom. The minimum Gasteiger partial charge on any atom is -0.381 e. The highest BCUT2D eigenvalue weighted by molar-refractivity contribution is 5.96. The predicted octanol–water partition coefficient (Wildman–Crippen LogP) is 3.12. The fourth-order valence-electron chi connectivity index (χ4n) is 2.81. The van der Waals surface area contributed by atoms with Crippen molar-refractivity contribution >= 4 is 24.0 Å². The van der Waals surface area contributed by atoms with Gasteiger partial charge < -0.3 is 15.4 Å². The number of rotatable bonds is 3. The van der Waals surface area contributed by atoms with Crippen LogP contribution in [-0.4, -0.2) is 32.2 Å². The molecule has 23 heavy (non-hydrogen) atoms. The monoisotopic (exact) mass is 340 g/mol. The van der Waals surface area contributed by atoms with E-state index in [1.54, 1.807) is 11.9 Å². The number of hydrogen-bond donors (Lipinski definition) is 1. The summed E-state index contributed by atoms with van der Waals surface area (Å²) in [6.45, 7) is 7.94. The van der Waals surface area contributed by atoms with Crippen LogP contribution in [0.4, 0.5) is 5.69 Å². The highest BCUT2D eigenvalue weighted by atomic mass is 35.5. The largest absolute Gasteiger partial charge is 0.381 e. The minimum absolute atomic E-state index is 0. The zero-order valence-corrected chi connectivity index (χ0v) is 15.4. The third-order valence-corrected chi connectivity index (χ3v) is 4.51. The number of benzene rings is 1. The van der Waals surface area contributed by atoms with E-state index in [9.17, 15) is 4.79 Å². The molecule has 1 saturated heterocycles. The summed E-state index contributed by atoms with van der Waals surface area (Å²) in [7, 11) is 1.80. The lowest BCUT2D eigenvalue weighted by Crippen LogP contribution is -2.47. The fourth-order valence-corrected chi connectivity index (χ4v) is 2.81. The van der Waals surface area contributed by atoms with Crippen molar-refractivity contribution in [2.75, 3.05) is 25.2 Å². The molecule has 2 rings (SSSR count). The molecule has 1 fully saturated rings. The molecule has 1 unspecified atom stereocenters. The van der Waals surface area contributed by atoms with Crippen molar-refractivity contribution in [2.45, 2.75) is 45.1 Å². The molecular formula is C18H29ClN2O2. The van der Waals surface area contributed by atoms with Crippen LogP contribution in [0.5, 0.6) is 0 Å². The number of nitrogens with two attached hydrogens (primary N) is 1. The Bertz CT molecular complexity index is 505. The molecule has 130 valence electrons. The van der Waals surface area contributed by atoms with Crippen molar-refractivity contribution in [3.8, 4) is 0 Å². The third kappa shape index (κ3) is 4.93. The Labute approximate surface area is 145 Å². The second-order valence-corrected chi connectivity index (χ2v) is 7.17. The van der Waals surface area contributed by atoms with Crippen molar-refractivity contribution in [3.63, 3.8) is 0 Å². The molecule has 1 aliphatic heterocycles. The average Bonchev–Trinajstić information content (AvgIpc) is 2.53. The van der Waals surface area contributed by atoms with E-state index >= 15 is 0 Å². The Hall–Kier alpha value is -1.10. The molecule has 1 aliphatic rings. The van der Waals surface area contributed by atoms with E-state index in [-0.39, 0.29) is 29.6 Å². The molecule has 4 nitrogen and oxygen atoms in total. The molecule has 2 N–H and O–H groups in total. The lowest BCUT2D eigenvalue weighted by Gasteiger charge is -2.30. The average molecular weight is 341 g/mol. The maximum absolute atomic E-state index is 12.6.